The monoisotopic (exact) mass is 980 g/mol. The number of carbonyl (C=O) groups excluding carboxylic acids is 3. The molecule has 0 saturated heterocycles. The number of hydrogen-bond donors (Lipinski definition) is 0. The van der Waals surface area contributed by atoms with Crippen LogP contribution in [0, 0.1) is 0 Å². The molecule has 0 heterocycles. The molecule has 0 fully saturated rings. The lowest BCUT2D eigenvalue weighted by atomic mass is 10.0. The van der Waals surface area contributed by atoms with Crippen molar-refractivity contribution in [3.05, 3.63) is 0 Å². The Morgan fingerprint density at radius 2 is 0.652 bits per heavy atom. The number of likely N-dealkylation sites (N-methyl/N-ethyl adjacent to an activating group) is 1. The van der Waals surface area contributed by atoms with Gasteiger partial charge in [-0.15, -0.1) is 0 Å². The minimum absolute atomic E-state index is 0.153. The van der Waals surface area contributed by atoms with E-state index in [1.165, 1.54) is 244 Å². The third-order valence-corrected chi connectivity index (χ3v) is 13.9. The van der Waals surface area contributed by atoms with Gasteiger partial charge >= 0.3 is 11.9 Å². The van der Waals surface area contributed by atoms with Gasteiger partial charge in [0.05, 0.1) is 40.3 Å². The van der Waals surface area contributed by atoms with E-state index in [1.807, 2.05) is 21.1 Å². The summed E-state index contributed by atoms with van der Waals surface area (Å²) >= 11 is 0. The SMILES string of the molecule is CCCCCCCCCCCCCCCCCCCCCCCCCCCCCCCCCCCCCC(=O)OC(COC(=O)CCCCCCCCCCC)COC(OCC[N+](C)(C)C)C(=O)[O-]. The van der Waals surface area contributed by atoms with E-state index in [9.17, 15) is 19.5 Å². The second-order valence-corrected chi connectivity index (χ2v) is 22.0. The van der Waals surface area contributed by atoms with E-state index in [1.54, 1.807) is 0 Å². The fourth-order valence-electron chi connectivity index (χ4n) is 9.19. The minimum atomic E-state index is -1.61. The maximum Gasteiger partial charge on any atom is 0.306 e. The molecule has 2 atom stereocenters. The zero-order valence-electron chi connectivity index (χ0n) is 46.7. The van der Waals surface area contributed by atoms with Crippen LogP contribution in [0.2, 0.25) is 0 Å². The van der Waals surface area contributed by atoms with E-state index < -0.39 is 24.3 Å². The van der Waals surface area contributed by atoms with E-state index in [0.29, 0.717) is 17.4 Å². The van der Waals surface area contributed by atoms with Crippen molar-refractivity contribution in [1.29, 1.82) is 0 Å². The predicted octanol–water partition coefficient (Wildman–Crippen LogP) is 16.2. The Morgan fingerprint density at radius 1 is 0.377 bits per heavy atom. The highest BCUT2D eigenvalue weighted by molar-refractivity contribution is 5.70. The number of carboxylic acids is 1. The summed E-state index contributed by atoms with van der Waals surface area (Å²) in [5.41, 5.74) is 0. The molecule has 0 aromatic rings. The van der Waals surface area contributed by atoms with E-state index in [2.05, 4.69) is 13.8 Å². The summed E-state index contributed by atoms with van der Waals surface area (Å²) in [6.07, 6.45) is 56.3. The first-order valence-corrected chi connectivity index (χ1v) is 30.2. The lowest BCUT2D eigenvalue weighted by Gasteiger charge is -2.26. The Kier molecular flexibility index (Phi) is 51.3. The second kappa shape index (κ2) is 52.6. The number of esters is 2. The number of carboxylic acid groups (broad SMARTS) is 1. The van der Waals surface area contributed by atoms with Crippen molar-refractivity contribution in [3.63, 3.8) is 0 Å². The van der Waals surface area contributed by atoms with Gasteiger partial charge in [-0.05, 0) is 12.8 Å². The van der Waals surface area contributed by atoms with Crippen LogP contribution in [0.15, 0.2) is 0 Å². The molecule has 0 bridgehead atoms. The molecule has 9 nitrogen and oxygen atoms in total. The lowest BCUT2D eigenvalue weighted by molar-refractivity contribution is -0.870. The van der Waals surface area contributed by atoms with Crippen molar-refractivity contribution in [2.75, 3.05) is 47.5 Å². The average Bonchev–Trinajstić information content (AvgIpc) is 3.31. The number of rotatable bonds is 57. The van der Waals surface area contributed by atoms with Crippen LogP contribution in [0.1, 0.15) is 309 Å². The minimum Gasteiger partial charge on any atom is -0.545 e. The van der Waals surface area contributed by atoms with Crippen molar-refractivity contribution in [1.82, 2.24) is 0 Å². The molecule has 0 radical (unpaired) electrons. The van der Waals surface area contributed by atoms with Crippen LogP contribution < -0.4 is 5.11 Å². The predicted molar refractivity (Wildman–Crippen MR) is 288 cm³/mol. The summed E-state index contributed by atoms with van der Waals surface area (Å²) in [5.74, 6) is -2.26. The van der Waals surface area contributed by atoms with Gasteiger partial charge in [-0.25, -0.2) is 0 Å². The zero-order chi connectivity index (χ0) is 50.6. The quantitative estimate of drug-likeness (QED) is 0.0256. The van der Waals surface area contributed by atoms with Gasteiger partial charge in [0.25, 0.3) is 0 Å². The van der Waals surface area contributed by atoms with Crippen LogP contribution in [0.5, 0.6) is 0 Å². The summed E-state index contributed by atoms with van der Waals surface area (Å²) < 4.78 is 22.6. The molecular formula is C60H117NO8. The summed E-state index contributed by atoms with van der Waals surface area (Å²) in [4.78, 5) is 37.0. The molecule has 410 valence electrons. The Bertz CT molecular complexity index is 1100. The highest BCUT2D eigenvalue weighted by Gasteiger charge is 2.22. The summed E-state index contributed by atoms with van der Waals surface area (Å²) in [5, 5.41) is 11.7. The van der Waals surface area contributed by atoms with Gasteiger partial charge in [0.2, 0.25) is 0 Å². The third-order valence-electron chi connectivity index (χ3n) is 13.9. The first kappa shape index (κ1) is 67.3. The molecule has 0 aliphatic carbocycles. The maximum atomic E-state index is 12.8. The van der Waals surface area contributed by atoms with Crippen LogP contribution in [-0.4, -0.2) is 82.3 Å². The molecule has 69 heavy (non-hydrogen) atoms. The topological polar surface area (TPSA) is 111 Å². The Hall–Kier alpha value is -1.71. The normalized spacial score (nSPS) is 12.7. The van der Waals surface area contributed by atoms with Gasteiger partial charge in [0, 0.05) is 12.8 Å². The number of aliphatic carboxylic acids is 1. The molecule has 0 saturated carbocycles. The van der Waals surface area contributed by atoms with Gasteiger partial charge in [0.15, 0.2) is 12.4 Å². The second-order valence-electron chi connectivity index (χ2n) is 22.0. The van der Waals surface area contributed by atoms with Crippen molar-refractivity contribution in [2.45, 2.75) is 322 Å². The van der Waals surface area contributed by atoms with Crippen LogP contribution in [-0.2, 0) is 33.3 Å². The van der Waals surface area contributed by atoms with Gasteiger partial charge < -0.3 is 33.3 Å². The number of quaternary nitrogens is 1. The highest BCUT2D eigenvalue weighted by Crippen LogP contribution is 2.18. The van der Waals surface area contributed by atoms with E-state index in [-0.39, 0.29) is 32.2 Å². The van der Waals surface area contributed by atoms with Crippen LogP contribution in [0.4, 0.5) is 0 Å². The molecule has 9 heteroatoms. The molecule has 0 aliphatic heterocycles. The molecule has 0 spiro atoms. The Labute approximate surface area is 428 Å². The molecule has 0 rings (SSSR count). The van der Waals surface area contributed by atoms with Crippen molar-refractivity contribution >= 4 is 17.9 Å². The first-order chi connectivity index (χ1) is 33.6. The van der Waals surface area contributed by atoms with Crippen LogP contribution >= 0.6 is 0 Å². The molecule has 0 amide bonds. The molecular weight excluding hydrogens is 863 g/mol. The maximum absolute atomic E-state index is 12.8. The van der Waals surface area contributed by atoms with E-state index in [4.69, 9.17) is 18.9 Å². The molecule has 0 aromatic heterocycles. The van der Waals surface area contributed by atoms with Gasteiger partial charge in [-0.3, -0.25) is 9.59 Å². The Morgan fingerprint density at radius 3 is 0.928 bits per heavy atom. The fourth-order valence-corrected chi connectivity index (χ4v) is 9.19. The molecule has 2 unspecified atom stereocenters. The first-order valence-electron chi connectivity index (χ1n) is 30.2. The largest absolute Gasteiger partial charge is 0.545 e. The molecule has 0 N–H and O–H groups in total. The van der Waals surface area contributed by atoms with Crippen molar-refractivity contribution in [3.8, 4) is 0 Å². The summed E-state index contributed by atoms with van der Waals surface area (Å²) in [7, 11) is 5.93. The van der Waals surface area contributed by atoms with Crippen molar-refractivity contribution in [2.24, 2.45) is 0 Å². The van der Waals surface area contributed by atoms with Gasteiger partial charge in [-0.1, -0.05) is 284 Å². The highest BCUT2D eigenvalue weighted by atomic mass is 16.7. The fraction of sp³-hybridized carbons (Fsp3) is 0.950. The van der Waals surface area contributed by atoms with Crippen LogP contribution in [0.3, 0.4) is 0 Å². The van der Waals surface area contributed by atoms with E-state index >= 15 is 0 Å². The number of nitrogens with zero attached hydrogens (tertiary/aromatic N) is 1. The molecule has 0 aliphatic rings. The summed E-state index contributed by atoms with van der Waals surface area (Å²) in [6, 6.07) is 0. The average molecular weight is 981 g/mol. The zero-order valence-corrected chi connectivity index (χ0v) is 46.7. The van der Waals surface area contributed by atoms with E-state index in [0.717, 1.165) is 38.5 Å². The van der Waals surface area contributed by atoms with Gasteiger partial charge in [-0.2, -0.15) is 0 Å². The van der Waals surface area contributed by atoms with Crippen molar-refractivity contribution < 1.29 is 42.9 Å². The number of hydrogen-bond acceptors (Lipinski definition) is 8. The van der Waals surface area contributed by atoms with Gasteiger partial charge in [0.1, 0.15) is 13.2 Å². The smallest absolute Gasteiger partial charge is 0.306 e. The lowest BCUT2D eigenvalue weighted by Crippen LogP contribution is -2.44. The standard InChI is InChI=1S/C60H117NO8/c1-6-8-10-12-14-16-17-18-19-20-21-22-23-24-25-26-27-28-29-30-31-32-33-34-35-36-37-38-39-40-41-43-45-47-49-51-58(63)69-56(55-68-60(59(64)65)66-53-52-61(3,4)5)54-67-57(62)50-48-46-44-42-15-13-11-9-7-2/h56,60H,6-55H2,1-5H3. The number of ether oxygens (including phenoxy) is 4. The van der Waals surface area contributed by atoms with Crippen LogP contribution in [0.25, 0.3) is 0 Å². The number of carbonyl (C=O) groups is 3. The molecule has 0 aromatic carbocycles. The Balaban J connectivity index is 3.88. The third kappa shape index (κ3) is 53.9. The summed E-state index contributed by atoms with van der Waals surface area (Å²) in [6.45, 7) is 4.77. The number of unbranched alkanes of at least 4 members (excludes halogenated alkanes) is 42.